The van der Waals surface area contributed by atoms with E-state index in [0.29, 0.717) is 5.56 Å². The van der Waals surface area contributed by atoms with Gasteiger partial charge in [-0.2, -0.15) is 0 Å². The third kappa shape index (κ3) is 4.50. The Bertz CT molecular complexity index is 1100. The van der Waals surface area contributed by atoms with Crippen molar-refractivity contribution in [1.82, 2.24) is 0 Å². The molecule has 0 radical (unpaired) electrons. The molecule has 0 aromatic heterocycles. The predicted molar refractivity (Wildman–Crippen MR) is 121 cm³/mol. The van der Waals surface area contributed by atoms with Gasteiger partial charge in [0.15, 0.2) is 0 Å². The average molecular weight is 436 g/mol. The molecular formula is C26H20F3OP. The minimum Gasteiger partial charge on any atom is -0.406 e. The molecule has 0 saturated heterocycles. The lowest BCUT2D eigenvalue weighted by Crippen LogP contribution is -2.23. The van der Waals surface area contributed by atoms with Gasteiger partial charge in [-0.3, -0.25) is 0 Å². The van der Waals surface area contributed by atoms with E-state index < -0.39 is 11.5 Å². The van der Waals surface area contributed by atoms with Crippen LogP contribution in [-0.2, 0) is 5.16 Å². The molecule has 1 atom stereocenters. The Balaban J connectivity index is 1.99. The van der Waals surface area contributed by atoms with Crippen LogP contribution in [0, 0.1) is 0 Å². The van der Waals surface area contributed by atoms with Crippen molar-refractivity contribution in [3.63, 3.8) is 0 Å². The Kier molecular flexibility index (Phi) is 5.84. The van der Waals surface area contributed by atoms with E-state index in [-0.39, 0.29) is 5.75 Å². The molecule has 0 fully saturated rings. The summed E-state index contributed by atoms with van der Waals surface area (Å²) in [6.07, 6.45) is -4.76. The zero-order chi connectivity index (χ0) is 21.9. The summed E-state index contributed by atoms with van der Waals surface area (Å²) >= 11 is 0. The van der Waals surface area contributed by atoms with Crippen molar-refractivity contribution in [3.05, 3.63) is 126 Å². The third-order valence-electron chi connectivity index (χ3n) is 5.19. The van der Waals surface area contributed by atoms with Crippen molar-refractivity contribution in [3.8, 4) is 16.9 Å². The number of hydrogen-bond acceptors (Lipinski definition) is 1. The number of halogens is 3. The normalized spacial score (nSPS) is 11.9. The Morgan fingerprint density at radius 1 is 0.613 bits per heavy atom. The largest absolute Gasteiger partial charge is 0.573 e. The van der Waals surface area contributed by atoms with Crippen molar-refractivity contribution in [2.75, 3.05) is 0 Å². The summed E-state index contributed by atoms with van der Waals surface area (Å²) in [7, 11) is 2.94. The molecule has 0 aliphatic carbocycles. The van der Waals surface area contributed by atoms with Gasteiger partial charge in [-0.1, -0.05) is 97.1 Å². The maximum atomic E-state index is 12.9. The molecule has 0 N–H and O–H groups in total. The minimum atomic E-state index is -4.76. The van der Waals surface area contributed by atoms with Crippen molar-refractivity contribution in [1.29, 1.82) is 0 Å². The molecular weight excluding hydrogens is 416 g/mol. The van der Waals surface area contributed by atoms with Crippen LogP contribution in [-0.4, -0.2) is 6.36 Å². The van der Waals surface area contributed by atoms with E-state index in [1.165, 1.54) is 12.1 Å². The van der Waals surface area contributed by atoms with Crippen LogP contribution in [0.15, 0.2) is 109 Å². The Morgan fingerprint density at radius 2 is 1.10 bits per heavy atom. The maximum absolute atomic E-state index is 12.9. The average Bonchev–Trinajstić information content (AvgIpc) is 2.79. The van der Waals surface area contributed by atoms with Gasteiger partial charge in [0.05, 0.1) is 5.16 Å². The highest BCUT2D eigenvalue weighted by molar-refractivity contribution is 7.19. The Labute approximate surface area is 181 Å². The molecule has 1 nitrogen and oxygen atoms in total. The van der Waals surface area contributed by atoms with Gasteiger partial charge in [0, 0.05) is 0 Å². The number of ether oxygens (including phenoxy) is 1. The van der Waals surface area contributed by atoms with Crippen LogP contribution in [0.1, 0.15) is 16.7 Å². The summed E-state index contributed by atoms with van der Waals surface area (Å²) < 4.78 is 43.0. The van der Waals surface area contributed by atoms with Gasteiger partial charge in [-0.15, -0.1) is 22.4 Å². The van der Waals surface area contributed by atoms with Gasteiger partial charge in [0.2, 0.25) is 0 Å². The molecule has 4 aromatic rings. The molecule has 4 rings (SSSR count). The SMILES string of the molecule is FC(F)(F)Oc1ccc(C(P)(c2ccccc2)c2ccccc2)c(-c2ccccc2)c1. The van der Waals surface area contributed by atoms with E-state index in [2.05, 4.69) is 14.0 Å². The van der Waals surface area contributed by atoms with Gasteiger partial charge >= 0.3 is 6.36 Å². The molecule has 0 spiro atoms. The quantitative estimate of drug-likeness (QED) is 0.234. The molecule has 0 heterocycles. The van der Waals surface area contributed by atoms with E-state index in [0.717, 1.165) is 22.3 Å². The number of hydrogen-bond donors (Lipinski definition) is 0. The summed E-state index contributed by atoms with van der Waals surface area (Å²) in [5.74, 6) is -0.247. The van der Waals surface area contributed by atoms with E-state index in [1.807, 2.05) is 91.0 Å². The highest BCUT2D eigenvalue weighted by Gasteiger charge is 2.35. The monoisotopic (exact) mass is 436 g/mol. The molecule has 31 heavy (non-hydrogen) atoms. The Morgan fingerprint density at radius 3 is 1.58 bits per heavy atom. The molecule has 5 heteroatoms. The van der Waals surface area contributed by atoms with Crippen LogP contribution in [0.4, 0.5) is 13.2 Å². The molecule has 156 valence electrons. The first kappa shape index (κ1) is 21.1. The third-order valence-corrected chi connectivity index (χ3v) is 6.17. The van der Waals surface area contributed by atoms with Crippen molar-refractivity contribution in [2.24, 2.45) is 0 Å². The molecule has 1 unspecified atom stereocenters. The second-order valence-electron chi connectivity index (χ2n) is 7.16. The lowest BCUT2D eigenvalue weighted by molar-refractivity contribution is -0.274. The topological polar surface area (TPSA) is 9.23 Å². The van der Waals surface area contributed by atoms with Crippen molar-refractivity contribution < 1.29 is 17.9 Å². The summed E-state index contributed by atoms with van der Waals surface area (Å²) in [5, 5.41) is -0.676. The van der Waals surface area contributed by atoms with Gasteiger partial charge in [-0.05, 0) is 39.9 Å². The van der Waals surface area contributed by atoms with Gasteiger partial charge in [-0.25, -0.2) is 0 Å². The van der Waals surface area contributed by atoms with Crippen LogP contribution in [0.2, 0.25) is 0 Å². The second-order valence-corrected chi connectivity index (χ2v) is 8.03. The molecule has 4 aromatic carbocycles. The summed E-state index contributed by atoms with van der Waals surface area (Å²) in [5.41, 5.74) is 4.35. The van der Waals surface area contributed by atoms with Crippen LogP contribution >= 0.6 is 9.24 Å². The van der Waals surface area contributed by atoms with E-state index in [4.69, 9.17) is 0 Å². The van der Waals surface area contributed by atoms with E-state index in [9.17, 15) is 13.2 Å². The number of alkyl halides is 3. The van der Waals surface area contributed by atoms with Gasteiger partial charge in [0.25, 0.3) is 0 Å². The molecule has 0 aliphatic heterocycles. The van der Waals surface area contributed by atoms with Crippen LogP contribution in [0.3, 0.4) is 0 Å². The predicted octanol–water partition coefficient (Wildman–Crippen LogP) is 7.42. The smallest absolute Gasteiger partial charge is 0.406 e. The fourth-order valence-electron chi connectivity index (χ4n) is 3.80. The standard InChI is InChI=1S/C26H20F3OP/c27-26(28,29)30-22-16-17-24(23(18-22)19-10-4-1-5-11-19)25(31,20-12-6-2-7-13-20)21-14-8-3-9-15-21/h1-18H,31H2. The van der Waals surface area contributed by atoms with Crippen LogP contribution < -0.4 is 4.74 Å². The summed E-state index contributed by atoms with van der Waals surface area (Å²) in [6.45, 7) is 0. The summed E-state index contributed by atoms with van der Waals surface area (Å²) in [4.78, 5) is 0. The highest BCUT2D eigenvalue weighted by atomic mass is 31.0. The fraction of sp³-hybridized carbons (Fsp3) is 0.0769. The van der Waals surface area contributed by atoms with Crippen LogP contribution in [0.5, 0.6) is 5.75 Å². The van der Waals surface area contributed by atoms with Crippen LogP contribution in [0.25, 0.3) is 11.1 Å². The van der Waals surface area contributed by atoms with E-state index in [1.54, 1.807) is 6.07 Å². The molecule has 0 saturated carbocycles. The molecule has 0 aliphatic rings. The zero-order valence-electron chi connectivity index (χ0n) is 16.5. The number of rotatable bonds is 5. The summed E-state index contributed by atoms with van der Waals surface area (Å²) in [6, 6.07) is 33.7. The molecule has 0 bridgehead atoms. The fourth-order valence-corrected chi connectivity index (χ4v) is 4.44. The highest BCUT2D eigenvalue weighted by Crippen LogP contribution is 2.49. The Hall–Kier alpha value is -3.10. The lowest BCUT2D eigenvalue weighted by atomic mass is 9.80. The number of benzene rings is 4. The second kappa shape index (κ2) is 8.56. The first-order valence-corrected chi connectivity index (χ1v) is 10.3. The maximum Gasteiger partial charge on any atom is 0.573 e. The van der Waals surface area contributed by atoms with E-state index >= 15 is 0 Å². The van der Waals surface area contributed by atoms with Crippen molar-refractivity contribution >= 4 is 9.24 Å². The van der Waals surface area contributed by atoms with Crippen molar-refractivity contribution in [2.45, 2.75) is 11.5 Å². The lowest BCUT2D eigenvalue weighted by Gasteiger charge is -2.34. The van der Waals surface area contributed by atoms with Gasteiger partial charge < -0.3 is 4.74 Å². The first-order valence-electron chi connectivity index (χ1n) is 9.73. The first-order chi connectivity index (χ1) is 14.9. The molecule has 0 amide bonds. The zero-order valence-corrected chi connectivity index (χ0v) is 17.7. The van der Waals surface area contributed by atoms with Gasteiger partial charge in [0.1, 0.15) is 5.75 Å². The minimum absolute atomic E-state index is 0.247.